The number of cyclic esters (lactones) is 1. The summed E-state index contributed by atoms with van der Waals surface area (Å²) in [6.07, 6.45) is 0.361. The predicted octanol–water partition coefficient (Wildman–Crippen LogP) is 2.66. The number of esters is 1. The lowest BCUT2D eigenvalue weighted by Gasteiger charge is -2.23. The number of rotatable bonds is 1. The van der Waals surface area contributed by atoms with Crippen LogP contribution in [0, 0.1) is 5.92 Å². The summed E-state index contributed by atoms with van der Waals surface area (Å²) in [4.78, 5) is 17.1. The summed E-state index contributed by atoms with van der Waals surface area (Å²) in [7, 11) is 0. The Morgan fingerprint density at radius 2 is 2.00 bits per heavy atom. The molecule has 0 N–H and O–H groups in total. The van der Waals surface area contributed by atoms with Gasteiger partial charge in [0.15, 0.2) is 0 Å². The van der Waals surface area contributed by atoms with E-state index in [0.717, 1.165) is 0 Å². The van der Waals surface area contributed by atoms with E-state index in [0.29, 0.717) is 34.3 Å². The summed E-state index contributed by atoms with van der Waals surface area (Å²) in [5, 5.41) is 4.87. The lowest BCUT2D eigenvalue weighted by molar-refractivity contribution is -0.156. The molecule has 0 amide bonds. The fourth-order valence-corrected chi connectivity index (χ4v) is 2.80. The molecule has 2 atom stereocenters. The van der Waals surface area contributed by atoms with Crippen molar-refractivity contribution in [2.24, 2.45) is 11.1 Å². The smallest absolute Gasteiger partial charge is 0.319 e. The van der Waals surface area contributed by atoms with Gasteiger partial charge in [-0.25, -0.2) is 0 Å². The monoisotopic (exact) mass is 285 g/mol. The number of ether oxygens (including phenoxy) is 1. The number of hydrogen-bond donors (Lipinski definition) is 0. The first-order valence-electron chi connectivity index (χ1n) is 5.53. The lowest BCUT2D eigenvalue weighted by Crippen LogP contribution is -2.38. The molecule has 1 saturated heterocycles. The van der Waals surface area contributed by atoms with Gasteiger partial charge >= 0.3 is 5.97 Å². The van der Waals surface area contributed by atoms with Crippen molar-refractivity contribution in [2.45, 2.75) is 12.5 Å². The Kier molecular flexibility index (Phi) is 2.92. The Hall–Kier alpha value is -1.26. The van der Waals surface area contributed by atoms with Crippen molar-refractivity contribution in [1.29, 1.82) is 0 Å². The van der Waals surface area contributed by atoms with E-state index < -0.39 is 5.92 Å². The molecule has 2 heterocycles. The third kappa shape index (κ3) is 1.76. The van der Waals surface area contributed by atoms with E-state index in [9.17, 15) is 4.79 Å². The minimum atomic E-state index is -0.531. The average Bonchev–Trinajstić information content (AvgIpc) is 2.74. The van der Waals surface area contributed by atoms with Crippen LogP contribution in [0.5, 0.6) is 0 Å². The number of nitrogens with zero attached hydrogens (tertiary/aromatic N) is 1. The molecule has 0 bridgehead atoms. The molecule has 2 aliphatic heterocycles. The van der Waals surface area contributed by atoms with Gasteiger partial charge in [-0.2, -0.15) is 0 Å². The van der Waals surface area contributed by atoms with E-state index in [4.69, 9.17) is 32.8 Å². The van der Waals surface area contributed by atoms with Gasteiger partial charge in [0.25, 0.3) is 0 Å². The minimum absolute atomic E-state index is 0.270. The normalized spacial score (nSPS) is 26.1. The van der Waals surface area contributed by atoms with E-state index >= 15 is 0 Å². The van der Waals surface area contributed by atoms with Gasteiger partial charge in [-0.15, -0.1) is 0 Å². The van der Waals surface area contributed by atoms with E-state index in [-0.39, 0.29) is 12.1 Å². The molecule has 4 nitrogen and oxygen atoms in total. The largest absolute Gasteiger partial charge is 0.465 e. The highest BCUT2D eigenvalue weighted by Crippen LogP contribution is 2.35. The van der Waals surface area contributed by atoms with E-state index in [2.05, 4.69) is 5.16 Å². The Morgan fingerprint density at radius 3 is 2.72 bits per heavy atom. The molecule has 0 aliphatic carbocycles. The second kappa shape index (κ2) is 4.44. The Labute approximate surface area is 113 Å². The van der Waals surface area contributed by atoms with Crippen LogP contribution in [0.3, 0.4) is 0 Å². The van der Waals surface area contributed by atoms with Gasteiger partial charge in [0, 0.05) is 12.0 Å². The van der Waals surface area contributed by atoms with E-state index in [1.807, 2.05) is 0 Å². The van der Waals surface area contributed by atoms with Gasteiger partial charge in [0.1, 0.15) is 17.7 Å². The first-order chi connectivity index (χ1) is 8.68. The summed E-state index contributed by atoms with van der Waals surface area (Å²) in [6, 6.07) is 5.14. The molecule has 1 aromatic rings. The van der Waals surface area contributed by atoms with Crippen molar-refractivity contribution in [3.8, 4) is 0 Å². The van der Waals surface area contributed by atoms with Crippen LogP contribution < -0.4 is 0 Å². The van der Waals surface area contributed by atoms with Crippen LogP contribution in [0.4, 0.5) is 0 Å². The fraction of sp³-hybridized carbons (Fsp3) is 0.333. The third-order valence-corrected chi connectivity index (χ3v) is 3.70. The van der Waals surface area contributed by atoms with Crippen LogP contribution >= 0.6 is 23.2 Å². The van der Waals surface area contributed by atoms with Crippen LogP contribution in [0.2, 0.25) is 10.0 Å². The number of oxime groups is 1. The highest BCUT2D eigenvalue weighted by molar-refractivity contribution is 6.41. The molecule has 1 fully saturated rings. The van der Waals surface area contributed by atoms with Gasteiger partial charge in [-0.1, -0.05) is 34.4 Å². The maximum Gasteiger partial charge on any atom is 0.319 e. The summed E-state index contributed by atoms with van der Waals surface area (Å²) in [5.74, 6) is -0.866. The molecule has 0 radical (unpaired) electrons. The first kappa shape index (κ1) is 11.8. The zero-order chi connectivity index (χ0) is 12.7. The second-order valence-corrected chi connectivity index (χ2v) is 4.97. The molecular formula is C12H9Cl2NO3. The van der Waals surface area contributed by atoms with Crippen LogP contribution in [0.1, 0.15) is 12.0 Å². The first-order valence-corrected chi connectivity index (χ1v) is 6.29. The van der Waals surface area contributed by atoms with Crippen molar-refractivity contribution >= 4 is 34.9 Å². The summed E-state index contributed by atoms with van der Waals surface area (Å²) >= 11 is 12.2. The molecule has 0 spiro atoms. The van der Waals surface area contributed by atoms with Crippen LogP contribution in [-0.2, 0) is 14.4 Å². The zero-order valence-electron chi connectivity index (χ0n) is 9.23. The maximum absolute atomic E-state index is 11.8. The number of fused-ring (bicyclic) bond motifs is 1. The van der Waals surface area contributed by atoms with Crippen molar-refractivity contribution in [3.63, 3.8) is 0 Å². The molecule has 3 rings (SSSR count). The molecule has 0 aromatic heterocycles. The van der Waals surface area contributed by atoms with Gasteiger partial charge < -0.3 is 9.57 Å². The number of carbonyl (C=O) groups is 1. The van der Waals surface area contributed by atoms with Crippen molar-refractivity contribution in [2.75, 3.05) is 6.61 Å². The summed E-state index contributed by atoms with van der Waals surface area (Å²) < 4.78 is 5.04. The van der Waals surface area contributed by atoms with Crippen molar-refractivity contribution < 1.29 is 14.4 Å². The number of hydrogen-bond acceptors (Lipinski definition) is 4. The van der Waals surface area contributed by atoms with Gasteiger partial charge in [-0.05, 0) is 12.1 Å². The van der Waals surface area contributed by atoms with Crippen LogP contribution in [-0.4, -0.2) is 24.4 Å². The predicted molar refractivity (Wildman–Crippen MR) is 66.9 cm³/mol. The quantitative estimate of drug-likeness (QED) is 0.746. The molecular weight excluding hydrogens is 277 g/mol. The fourth-order valence-electron chi connectivity index (χ4n) is 2.21. The number of benzene rings is 1. The van der Waals surface area contributed by atoms with Crippen LogP contribution in [0.15, 0.2) is 23.4 Å². The topological polar surface area (TPSA) is 47.9 Å². The Balaban J connectivity index is 2.05. The molecule has 0 saturated carbocycles. The lowest BCUT2D eigenvalue weighted by atomic mass is 9.89. The number of halogens is 2. The standard InChI is InChI=1S/C12H9Cl2NO3/c13-6-2-1-3-7(14)9(6)11-10-8(18-15-11)4-5-17-12(10)16/h1-3,8,10H,4-5H2. The van der Waals surface area contributed by atoms with Gasteiger partial charge in [0.2, 0.25) is 0 Å². The van der Waals surface area contributed by atoms with E-state index in [1.165, 1.54) is 0 Å². The molecule has 1 aromatic carbocycles. The summed E-state index contributed by atoms with van der Waals surface area (Å²) in [6.45, 7) is 0.360. The molecule has 94 valence electrons. The third-order valence-electron chi connectivity index (χ3n) is 3.07. The summed E-state index contributed by atoms with van der Waals surface area (Å²) in [5.41, 5.74) is 1.01. The Morgan fingerprint density at radius 1 is 1.28 bits per heavy atom. The van der Waals surface area contributed by atoms with Crippen LogP contribution in [0.25, 0.3) is 0 Å². The van der Waals surface area contributed by atoms with Crippen molar-refractivity contribution in [3.05, 3.63) is 33.8 Å². The Bertz CT molecular complexity index is 524. The maximum atomic E-state index is 11.8. The highest BCUT2D eigenvalue weighted by atomic mass is 35.5. The SMILES string of the molecule is O=C1OCCC2ON=C(c3c(Cl)cccc3Cl)C12. The van der Waals surface area contributed by atoms with Gasteiger partial charge in [-0.3, -0.25) is 4.79 Å². The minimum Gasteiger partial charge on any atom is -0.465 e. The van der Waals surface area contributed by atoms with Gasteiger partial charge in [0.05, 0.1) is 16.7 Å². The molecule has 2 unspecified atom stereocenters. The highest BCUT2D eigenvalue weighted by Gasteiger charge is 2.45. The molecule has 6 heteroatoms. The zero-order valence-corrected chi connectivity index (χ0v) is 10.7. The number of carbonyl (C=O) groups excluding carboxylic acids is 1. The molecule has 2 aliphatic rings. The molecule has 18 heavy (non-hydrogen) atoms. The second-order valence-electron chi connectivity index (χ2n) is 4.15. The van der Waals surface area contributed by atoms with Crippen molar-refractivity contribution in [1.82, 2.24) is 0 Å². The average molecular weight is 286 g/mol. The van der Waals surface area contributed by atoms with E-state index in [1.54, 1.807) is 18.2 Å².